The normalized spacial score (nSPS) is 13.4. The molecule has 6 heteroatoms. The number of nitrogens with zero attached hydrogens (tertiary/aromatic N) is 1. The summed E-state index contributed by atoms with van der Waals surface area (Å²) in [6.07, 6.45) is 9.66. The Bertz CT molecular complexity index is 842. The average Bonchev–Trinajstić information content (AvgIpc) is 2.70. The zero-order valence-electron chi connectivity index (χ0n) is 16.1. The van der Waals surface area contributed by atoms with E-state index in [1.54, 1.807) is 18.3 Å². The molecular weight excluding hydrogens is 352 g/mol. The Morgan fingerprint density at radius 1 is 1.04 bits per heavy atom. The van der Waals surface area contributed by atoms with Gasteiger partial charge in [-0.15, -0.1) is 0 Å². The summed E-state index contributed by atoms with van der Waals surface area (Å²) in [6.45, 7) is 2.13. The summed E-state index contributed by atoms with van der Waals surface area (Å²) in [5.74, 6) is 0.443. The number of benzene rings is 1. The second kappa shape index (κ2) is 9.69. The molecule has 3 N–H and O–H groups in total. The number of carbonyl (C=O) groups is 2. The number of amides is 2. The first-order valence-corrected chi connectivity index (χ1v) is 9.67. The molecule has 1 heterocycles. The van der Waals surface area contributed by atoms with Crippen molar-refractivity contribution >= 4 is 29.0 Å². The Morgan fingerprint density at radius 3 is 2.46 bits per heavy atom. The van der Waals surface area contributed by atoms with Crippen LogP contribution in [0.15, 0.2) is 54.2 Å². The van der Waals surface area contributed by atoms with E-state index in [0.717, 1.165) is 30.6 Å². The van der Waals surface area contributed by atoms with Crippen LogP contribution in [0.25, 0.3) is 0 Å². The highest BCUT2D eigenvalue weighted by atomic mass is 16.2. The maximum Gasteiger partial charge on any atom is 0.252 e. The third-order valence-corrected chi connectivity index (χ3v) is 4.62. The first-order chi connectivity index (χ1) is 13.6. The largest absolute Gasteiger partial charge is 0.352 e. The van der Waals surface area contributed by atoms with Gasteiger partial charge in [0.25, 0.3) is 5.91 Å². The topological polar surface area (TPSA) is 83.1 Å². The molecule has 0 bridgehead atoms. The molecule has 3 rings (SSSR count). The Hall–Kier alpha value is -3.15. The predicted octanol–water partition coefficient (Wildman–Crippen LogP) is 4.40. The summed E-state index contributed by atoms with van der Waals surface area (Å²) in [5, 5.41) is 8.86. The zero-order valence-corrected chi connectivity index (χ0v) is 16.1. The number of aromatic nitrogens is 1. The van der Waals surface area contributed by atoms with Gasteiger partial charge in [0, 0.05) is 31.0 Å². The van der Waals surface area contributed by atoms with E-state index in [-0.39, 0.29) is 11.8 Å². The van der Waals surface area contributed by atoms with Gasteiger partial charge in [-0.2, -0.15) is 0 Å². The third-order valence-electron chi connectivity index (χ3n) is 4.62. The van der Waals surface area contributed by atoms with Crippen molar-refractivity contribution in [2.24, 2.45) is 0 Å². The predicted molar refractivity (Wildman–Crippen MR) is 112 cm³/mol. The molecule has 2 aromatic rings. The highest BCUT2D eigenvalue weighted by Gasteiger charge is 2.08. The Kier molecular flexibility index (Phi) is 6.78. The van der Waals surface area contributed by atoms with Crippen molar-refractivity contribution in [2.75, 3.05) is 17.2 Å². The van der Waals surface area contributed by atoms with Gasteiger partial charge in [-0.1, -0.05) is 11.6 Å². The van der Waals surface area contributed by atoms with Crippen molar-refractivity contribution in [2.45, 2.75) is 39.0 Å². The number of anilines is 3. The molecule has 1 aromatic carbocycles. The van der Waals surface area contributed by atoms with Crippen LogP contribution < -0.4 is 16.0 Å². The first kappa shape index (κ1) is 19.6. The van der Waals surface area contributed by atoms with E-state index < -0.39 is 0 Å². The lowest BCUT2D eigenvalue weighted by Crippen LogP contribution is -2.25. The summed E-state index contributed by atoms with van der Waals surface area (Å²) in [5.41, 5.74) is 3.58. The second-order valence-electron chi connectivity index (χ2n) is 6.93. The maximum atomic E-state index is 12.3. The summed E-state index contributed by atoms with van der Waals surface area (Å²) in [4.78, 5) is 27.6. The van der Waals surface area contributed by atoms with Gasteiger partial charge in [0.05, 0.1) is 5.56 Å². The van der Waals surface area contributed by atoms with Crippen LogP contribution in [0, 0.1) is 0 Å². The fourth-order valence-electron chi connectivity index (χ4n) is 3.16. The van der Waals surface area contributed by atoms with Crippen LogP contribution in [0.1, 0.15) is 49.4 Å². The van der Waals surface area contributed by atoms with Crippen molar-refractivity contribution < 1.29 is 9.59 Å². The van der Waals surface area contributed by atoms with Gasteiger partial charge < -0.3 is 16.0 Å². The summed E-state index contributed by atoms with van der Waals surface area (Å²) in [7, 11) is 0. The minimum Gasteiger partial charge on any atom is -0.352 e. The summed E-state index contributed by atoms with van der Waals surface area (Å²) in [6, 6.07) is 10.9. The number of carbonyl (C=O) groups excluding carboxylic acids is 2. The molecule has 1 aliphatic rings. The zero-order chi connectivity index (χ0) is 19.8. The summed E-state index contributed by atoms with van der Waals surface area (Å²) >= 11 is 0. The van der Waals surface area contributed by atoms with Gasteiger partial charge >= 0.3 is 0 Å². The molecule has 0 fully saturated rings. The van der Waals surface area contributed by atoms with E-state index in [9.17, 15) is 9.59 Å². The lowest BCUT2D eigenvalue weighted by atomic mass is 9.97. The number of rotatable bonds is 7. The van der Waals surface area contributed by atoms with Gasteiger partial charge in [0.15, 0.2) is 0 Å². The monoisotopic (exact) mass is 378 g/mol. The Labute approximate surface area is 165 Å². The van der Waals surface area contributed by atoms with Crippen LogP contribution >= 0.6 is 0 Å². The van der Waals surface area contributed by atoms with Gasteiger partial charge in [0.1, 0.15) is 5.82 Å². The van der Waals surface area contributed by atoms with Crippen LogP contribution in [-0.4, -0.2) is 23.3 Å². The SMILES string of the molecule is CC(=O)Nc1ccc(Nc2ccc(C(=O)NCCC3=CCCCC3)cn2)cc1. The first-order valence-electron chi connectivity index (χ1n) is 9.67. The molecule has 28 heavy (non-hydrogen) atoms. The van der Waals surface area contributed by atoms with E-state index in [2.05, 4.69) is 27.0 Å². The van der Waals surface area contributed by atoms with E-state index in [4.69, 9.17) is 0 Å². The van der Waals surface area contributed by atoms with E-state index >= 15 is 0 Å². The average molecular weight is 378 g/mol. The van der Waals surface area contributed by atoms with Crippen LogP contribution in [0.3, 0.4) is 0 Å². The van der Waals surface area contributed by atoms with Gasteiger partial charge in [-0.05, 0) is 68.5 Å². The highest BCUT2D eigenvalue weighted by Crippen LogP contribution is 2.20. The quantitative estimate of drug-likeness (QED) is 0.624. The molecular formula is C22H26N4O2. The molecule has 0 radical (unpaired) electrons. The van der Waals surface area contributed by atoms with Gasteiger partial charge in [0.2, 0.25) is 5.91 Å². The van der Waals surface area contributed by atoms with Gasteiger partial charge in [-0.3, -0.25) is 9.59 Å². The maximum absolute atomic E-state index is 12.3. The molecule has 0 saturated heterocycles. The molecule has 2 amide bonds. The van der Waals surface area contributed by atoms with Crippen molar-refractivity contribution in [3.63, 3.8) is 0 Å². The minimum atomic E-state index is -0.105. The number of allylic oxidation sites excluding steroid dienone is 1. The molecule has 146 valence electrons. The molecule has 0 spiro atoms. The molecule has 0 atom stereocenters. The van der Waals surface area contributed by atoms with Crippen molar-refractivity contribution in [1.82, 2.24) is 10.3 Å². The van der Waals surface area contributed by atoms with E-state index in [1.165, 1.54) is 25.3 Å². The standard InChI is InChI=1S/C22H26N4O2/c1-16(27)25-19-8-10-20(11-9-19)26-21-12-7-18(15-24-21)22(28)23-14-13-17-5-3-2-4-6-17/h5,7-12,15H,2-4,6,13-14H2,1H3,(H,23,28)(H,24,26)(H,25,27). The molecule has 6 nitrogen and oxygen atoms in total. The molecule has 0 unspecified atom stereocenters. The number of nitrogens with one attached hydrogen (secondary N) is 3. The van der Waals surface area contributed by atoms with Crippen LogP contribution in [0.5, 0.6) is 0 Å². The fraction of sp³-hybridized carbons (Fsp3) is 0.318. The Balaban J connectivity index is 1.49. The molecule has 0 saturated carbocycles. The molecule has 1 aromatic heterocycles. The Morgan fingerprint density at radius 2 is 1.82 bits per heavy atom. The van der Waals surface area contributed by atoms with Crippen molar-refractivity contribution in [1.29, 1.82) is 0 Å². The van der Waals surface area contributed by atoms with Crippen molar-refractivity contribution in [3.05, 3.63) is 59.8 Å². The molecule has 1 aliphatic carbocycles. The van der Waals surface area contributed by atoms with Gasteiger partial charge in [-0.25, -0.2) is 4.98 Å². The number of pyridine rings is 1. The van der Waals surface area contributed by atoms with Crippen LogP contribution in [0.2, 0.25) is 0 Å². The minimum absolute atomic E-state index is 0.102. The van der Waals surface area contributed by atoms with Crippen LogP contribution in [0.4, 0.5) is 17.2 Å². The third kappa shape index (κ3) is 5.94. The lowest BCUT2D eigenvalue weighted by Gasteiger charge is -2.13. The number of hydrogen-bond acceptors (Lipinski definition) is 4. The smallest absolute Gasteiger partial charge is 0.252 e. The van der Waals surface area contributed by atoms with Crippen molar-refractivity contribution in [3.8, 4) is 0 Å². The lowest BCUT2D eigenvalue weighted by molar-refractivity contribution is -0.114. The number of hydrogen-bond donors (Lipinski definition) is 3. The highest BCUT2D eigenvalue weighted by molar-refractivity contribution is 5.94. The molecule has 0 aliphatic heterocycles. The fourth-order valence-corrected chi connectivity index (χ4v) is 3.16. The van der Waals surface area contributed by atoms with E-state index in [0.29, 0.717) is 17.9 Å². The second-order valence-corrected chi connectivity index (χ2v) is 6.93. The summed E-state index contributed by atoms with van der Waals surface area (Å²) < 4.78 is 0. The van der Waals surface area contributed by atoms with Crippen LogP contribution in [-0.2, 0) is 4.79 Å². The van der Waals surface area contributed by atoms with E-state index in [1.807, 2.05) is 24.3 Å².